The summed E-state index contributed by atoms with van der Waals surface area (Å²) < 4.78 is 5.83. The average molecular weight is 288 g/mol. The molecule has 0 saturated heterocycles. The van der Waals surface area contributed by atoms with Gasteiger partial charge in [-0.25, -0.2) is 9.97 Å². The number of hydrogen-bond donors (Lipinski definition) is 0. The minimum absolute atomic E-state index is 0.408. The second kappa shape index (κ2) is 6.36. The first-order valence-corrected chi connectivity index (χ1v) is 6.71. The van der Waals surface area contributed by atoms with E-state index in [0.29, 0.717) is 22.3 Å². The summed E-state index contributed by atoms with van der Waals surface area (Å²) in [6.07, 6.45) is 3.03. The van der Waals surface area contributed by atoms with Gasteiger partial charge in [0.2, 0.25) is 5.88 Å². The van der Waals surface area contributed by atoms with Crippen LogP contribution < -0.4 is 4.74 Å². The number of halogens is 1. The number of benzene rings is 1. The van der Waals surface area contributed by atoms with Gasteiger partial charge in [0, 0.05) is 0 Å². The second-order valence-corrected chi connectivity index (χ2v) is 4.75. The fourth-order valence-electron chi connectivity index (χ4n) is 1.81. The Morgan fingerprint density at radius 1 is 1.35 bits per heavy atom. The first-order chi connectivity index (χ1) is 9.65. The predicted molar refractivity (Wildman–Crippen MR) is 77.0 cm³/mol. The maximum Gasteiger partial charge on any atom is 0.227 e. The van der Waals surface area contributed by atoms with Crippen LogP contribution in [0.1, 0.15) is 30.0 Å². The molecule has 0 fully saturated rings. The van der Waals surface area contributed by atoms with E-state index in [1.54, 1.807) is 12.1 Å². The zero-order chi connectivity index (χ0) is 14.5. The summed E-state index contributed by atoms with van der Waals surface area (Å²) in [5, 5.41) is 9.36. The number of hydrogen-bond acceptors (Lipinski definition) is 4. The first-order valence-electron chi connectivity index (χ1n) is 6.33. The Morgan fingerprint density at radius 2 is 2.15 bits per heavy atom. The van der Waals surface area contributed by atoms with Crippen molar-refractivity contribution in [3.63, 3.8) is 0 Å². The SMILES string of the molecule is CCCc1c(Cl)ncnc1Oc1cc(C#N)ccc1C. The molecule has 1 heterocycles. The van der Waals surface area contributed by atoms with Gasteiger partial charge < -0.3 is 4.74 Å². The predicted octanol–water partition coefficient (Wildman–Crippen LogP) is 4.05. The average Bonchev–Trinajstić information content (AvgIpc) is 2.45. The Balaban J connectivity index is 2.40. The molecule has 0 aliphatic carbocycles. The summed E-state index contributed by atoms with van der Waals surface area (Å²) in [7, 11) is 0. The molecule has 0 radical (unpaired) electrons. The monoisotopic (exact) mass is 287 g/mol. The Bertz CT molecular complexity index is 665. The highest BCUT2D eigenvalue weighted by Crippen LogP contribution is 2.30. The summed E-state index contributed by atoms with van der Waals surface area (Å²) >= 11 is 6.09. The van der Waals surface area contributed by atoms with E-state index in [2.05, 4.69) is 23.0 Å². The molecule has 0 aliphatic rings. The fourth-order valence-corrected chi connectivity index (χ4v) is 2.03. The molecule has 0 amide bonds. The van der Waals surface area contributed by atoms with Gasteiger partial charge in [-0.3, -0.25) is 0 Å². The van der Waals surface area contributed by atoms with E-state index in [0.717, 1.165) is 24.0 Å². The van der Waals surface area contributed by atoms with Crippen LogP contribution in [0.4, 0.5) is 0 Å². The lowest BCUT2D eigenvalue weighted by atomic mass is 10.1. The quantitative estimate of drug-likeness (QED) is 0.796. The second-order valence-electron chi connectivity index (χ2n) is 4.39. The number of ether oxygens (including phenoxy) is 1. The maximum absolute atomic E-state index is 8.95. The zero-order valence-corrected chi connectivity index (χ0v) is 12.1. The molecule has 1 aromatic heterocycles. The number of nitrogens with zero attached hydrogens (tertiary/aromatic N) is 3. The van der Waals surface area contributed by atoms with E-state index in [1.807, 2.05) is 13.0 Å². The van der Waals surface area contributed by atoms with Crippen molar-refractivity contribution in [2.24, 2.45) is 0 Å². The van der Waals surface area contributed by atoms with Gasteiger partial charge >= 0.3 is 0 Å². The van der Waals surface area contributed by atoms with Crippen molar-refractivity contribution in [2.45, 2.75) is 26.7 Å². The first kappa shape index (κ1) is 14.3. The van der Waals surface area contributed by atoms with Crippen LogP contribution in [0, 0.1) is 18.3 Å². The number of aryl methyl sites for hydroxylation is 1. The van der Waals surface area contributed by atoms with Crippen molar-refractivity contribution < 1.29 is 4.74 Å². The minimum atomic E-state index is 0.408. The van der Waals surface area contributed by atoms with Crippen molar-refractivity contribution in [1.29, 1.82) is 5.26 Å². The molecule has 0 N–H and O–H groups in total. The molecule has 20 heavy (non-hydrogen) atoms. The third-order valence-corrected chi connectivity index (χ3v) is 3.20. The van der Waals surface area contributed by atoms with Crippen LogP contribution in [0.5, 0.6) is 11.6 Å². The largest absolute Gasteiger partial charge is 0.438 e. The Morgan fingerprint density at radius 3 is 2.85 bits per heavy atom. The number of rotatable bonds is 4. The van der Waals surface area contributed by atoms with Gasteiger partial charge in [0.1, 0.15) is 17.2 Å². The highest BCUT2D eigenvalue weighted by atomic mass is 35.5. The Hall–Kier alpha value is -2.12. The van der Waals surface area contributed by atoms with Gasteiger partial charge in [-0.1, -0.05) is 31.0 Å². The van der Waals surface area contributed by atoms with Crippen LogP contribution in [-0.2, 0) is 6.42 Å². The van der Waals surface area contributed by atoms with Gasteiger partial charge in [-0.15, -0.1) is 0 Å². The fraction of sp³-hybridized carbons (Fsp3) is 0.267. The van der Waals surface area contributed by atoms with E-state index in [1.165, 1.54) is 6.33 Å². The maximum atomic E-state index is 8.95. The molecule has 4 nitrogen and oxygen atoms in total. The van der Waals surface area contributed by atoms with Crippen molar-refractivity contribution in [2.75, 3.05) is 0 Å². The van der Waals surface area contributed by atoms with E-state index in [4.69, 9.17) is 21.6 Å². The van der Waals surface area contributed by atoms with E-state index >= 15 is 0 Å². The summed E-state index contributed by atoms with van der Waals surface area (Å²) in [5.41, 5.74) is 2.27. The summed E-state index contributed by atoms with van der Waals surface area (Å²) in [6.45, 7) is 3.97. The highest BCUT2D eigenvalue weighted by molar-refractivity contribution is 6.30. The molecule has 0 saturated carbocycles. The molecule has 0 unspecified atom stereocenters. The molecule has 0 spiro atoms. The van der Waals surface area contributed by atoms with Crippen LogP contribution in [0.3, 0.4) is 0 Å². The summed E-state index contributed by atoms with van der Waals surface area (Å²) in [6, 6.07) is 7.38. The lowest BCUT2D eigenvalue weighted by Gasteiger charge is -2.12. The van der Waals surface area contributed by atoms with Crippen LogP contribution in [0.2, 0.25) is 5.15 Å². The van der Waals surface area contributed by atoms with Gasteiger partial charge in [0.25, 0.3) is 0 Å². The van der Waals surface area contributed by atoms with E-state index < -0.39 is 0 Å². The highest BCUT2D eigenvalue weighted by Gasteiger charge is 2.12. The molecule has 2 rings (SSSR count). The summed E-state index contributed by atoms with van der Waals surface area (Å²) in [4.78, 5) is 8.13. The Kier molecular flexibility index (Phi) is 4.54. The minimum Gasteiger partial charge on any atom is -0.438 e. The summed E-state index contributed by atoms with van der Waals surface area (Å²) in [5.74, 6) is 1.06. The van der Waals surface area contributed by atoms with Crippen molar-refractivity contribution in [1.82, 2.24) is 9.97 Å². The molecule has 0 bridgehead atoms. The van der Waals surface area contributed by atoms with Gasteiger partial charge in [-0.2, -0.15) is 5.26 Å². The topological polar surface area (TPSA) is 58.8 Å². The number of aromatic nitrogens is 2. The smallest absolute Gasteiger partial charge is 0.227 e. The zero-order valence-electron chi connectivity index (χ0n) is 11.4. The van der Waals surface area contributed by atoms with E-state index in [-0.39, 0.29) is 0 Å². The molecule has 102 valence electrons. The van der Waals surface area contributed by atoms with Gasteiger partial charge in [-0.05, 0) is 31.0 Å². The molecule has 2 aromatic rings. The van der Waals surface area contributed by atoms with E-state index in [9.17, 15) is 0 Å². The van der Waals surface area contributed by atoms with Crippen LogP contribution >= 0.6 is 11.6 Å². The molecule has 0 atom stereocenters. The standard InChI is InChI=1S/C15H14ClN3O/c1-3-4-12-14(16)18-9-19-15(12)20-13-7-11(8-17)6-5-10(13)2/h5-7,9H,3-4H2,1-2H3. The van der Waals surface area contributed by atoms with Crippen molar-refractivity contribution in [3.05, 3.63) is 46.4 Å². The van der Waals surface area contributed by atoms with Crippen molar-refractivity contribution >= 4 is 11.6 Å². The number of nitriles is 1. The Labute approximate surface area is 123 Å². The third kappa shape index (κ3) is 3.06. The van der Waals surface area contributed by atoms with Crippen LogP contribution in [0.15, 0.2) is 24.5 Å². The lowest BCUT2D eigenvalue weighted by molar-refractivity contribution is 0.450. The van der Waals surface area contributed by atoms with Crippen LogP contribution in [0.25, 0.3) is 0 Å². The van der Waals surface area contributed by atoms with Gasteiger partial charge in [0.15, 0.2) is 0 Å². The lowest BCUT2D eigenvalue weighted by Crippen LogP contribution is -1.99. The molecular weight excluding hydrogens is 274 g/mol. The van der Waals surface area contributed by atoms with Crippen molar-refractivity contribution in [3.8, 4) is 17.7 Å². The third-order valence-electron chi connectivity index (χ3n) is 2.88. The molecule has 5 heteroatoms. The van der Waals surface area contributed by atoms with Gasteiger partial charge in [0.05, 0.1) is 17.2 Å². The van der Waals surface area contributed by atoms with Crippen LogP contribution in [-0.4, -0.2) is 9.97 Å². The molecule has 0 aliphatic heterocycles. The molecular formula is C15H14ClN3O. The molecule has 1 aromatic carbocycles. The normalized spacial score (nSPS) is 10.1.